The third-order valence-electron chi connectivity index (χ3n) is 4.24. The van der Waals surface area contributed by atoms with Crippen molar-refractivity contribution in [2.45, 2.75) is 6.18 Å². The van der Waals surface area contributed by atoms with Gasteiger partial charge in [-0.05, 0) is 36.4 Å². The Kier molecular flexibility index (Phi) is 5.49. The number of methoxy groups -OCH3 is 2. The zero-order chi connectivity index (χ0) is 21.2. The van der Waals surface area contributed by atoms with Crippen LogP contribution >= 0.6 is 0 Å². The highest BCUT2D eigenvalue weighted by atomic mass is 19.4. The first-order valence-electron chi connectivity index (χ1n) is 8.48. The van der Waals surface area contributed by atoms with Gasteiger partial charge < -0.3 is 14.8 Å². The van der Waals surface area contributed by atoms with Crippen LogP contribution in [0.3, 0.4) is 0 Å². The van der Waals surface area contributed by atoms with Gasteiger partial charge in [0.25, 0.3) is 5.91 Å². The maximum Gasteiger partial charge on any atom is 0.416 e. The molecule has 0 fully saturated rings. The Balaban J connectivity index is 1.88. The number of carbonyl (C=O) groups is 1. The van der Waals surface area contributed by atoms with Gasteiger partial charge in [0.05, 0.1) is 25.5 Å². The maximum atomic E-state index is 12.9. The van der Waals surface area contributed by atoms with Crippen LogP contribution in [-0.2, 0) is 13.2 Å². The molecule has 3 rings (SSSR count). The molecule has 0 aliphatic rings. The number of aromatic nitrogens is 2. The summed E-state index contributed by atoms with van der Waals surface area (Å²) < 4.78 is 50.5. The number of hydrogen-bond acceptors (Lipinski definition) is 4. The molecule has 1 N–H and O–H groups in total. The molecule has 2 aromatic carbocycles. The molecule has 0 aliphatic heterocycles. The molecule has 0 bridgehead atoms. The van der Waals surface area contributed by atoms with Gasteiger partial charge in [0.1, 0.15) is 17.2 Å². The fourth-order valence-electron chi connectivity index (χ4n) is 2.79. The van der Waals surface area contributed by atoms with E-state index in [1.807, 2.05) is 0 Å². The first-order chi connectivity index (χ1) is 13.7. The Labute approximate surface area is 164 Å². The number of anilines is 1. The highest BCUT2D eigenvalue weighted by Crippen LogP contribution is 2.33. The van der Waals surface area contributed by atoms with E-state index in [4.69, 9.17) is 9.47 Å². The molecule has 152 valence electrons. The Morgan fingerprint density at radius 2 is 1.83 bits per heavy atom. The van der Waals surface area contributed by atoms with Gasteiger partial charge in [0.2, 0.25) is 0 Å². The Morgan fingerprint density at radius 1 is 1.07 bits per heavy atom. The summed E-state index contributed by atoms with van der Waals surface area (Å²) >= 11 is 0. The summed E-state index contributed by atoms with van der Waals surface area (Å²) in [5.74, 6) is 0.523. The molecule has 1 heterocycles. The Hall–Kier alpha value is -3.49. The van der Waals surface area contributed by atoms with Gasteiger partial charge in [-0.2, -0.15) is 18.3 Å². The van der Waals surface area contributed by atoms with Crippen molar-refractivity contribution in [1.29, 1.82) is 0 Å². The minimum absolute atomic E-state index is 0.0367. The molecule has 3 aromatic rings. The largest absolute Gasteiger partial charge is 0.497 e. The average Bonchev–Trinajstić information content (AvgIpc) is 3.08. The molecule has 0 unspecified atom stereocenters. The molecule has 0 aliphatic carbocycles. The second-order valence-electron chi connectivity index (χ2n) is 6.14. The van der Waals surface area contributed by atoms with Gasteiger partial charge in [0.15, 0.2) is 0 Å². The third kappa shape index (κ3) is 4.34. The molecule has 9 heteroatoms. The molecule has 1 amide bonds. The van der Waals surface area contributed by atoms with Gasteiger partial charge in [-0.1, -0.05) is 6.07 Å². The van der Waals surface area contributed by atoms with Gasteiger partial charge in [-0.25, -0.2) is 0 Å². The van der Waals surface area contributed by atoms with E-state index in [1.165, 1.54) is 37.1 Å². The Bertz CT molecular complexity index is 1040. The van der Waals surface area contributed by atoms with Gasteiger partial charge in [-0.3, -0.25) is 9.48 Å². The molecule has 0 radical (unpaired) electrons. The van der Waals surface area contributed by atoms with Crippen LogP contribution in [0.15, 0.2) is 48.5 Å². The number of rotatable bonds is 5. The number of nitrogens with one attached hydrogen (secondary N) is 1. The molecule has 29 heavy (non-hydrogen) atoms. The quantitative estimate of drug-likeness (QED) is 0.684. The maximum absolute atomic E-state index is 12.9. The molecular formula is C20H18F3N3O3. The van der Waals surface area contributed by atoms with E-state index in [9.17, 15) is 18.0 Å². The van der Waals surface area contributed by atoms with Gasteiger partial charge in [0, 0.05) is 24.4 Å². The third-order valence-corrected chi connectivity index (χ3v) is 4.24. The highest BCUT2D eigenvalue weighted by Gasteiger charge is 2.30. The summed E-state index contributed by atoms with van der Waals surface area (Å²) in [6, 6.07) is 11.1. The summed E-state index contributed by atoms with van der Waals surface area (Å²) in [6.45, 7) is 0. The summed E-state index contributed by atoms with van der Waals surface area (Å²) in [5, 5.41) is 6.79. The SMILES string of the molecule is COc1ccc(-c2cc(C(=O)Nc3cccc(C(F)(F)F)c3)n(C)n2)c(OC)c1. The van der Waals surface area contributed by atoms with E-state index >= 15 is 0 Å². The number of aryl methyl sites for hydroxylation is 1. The van der Waals surface area contributed by atoms with E-state index in [-0.39, 0.29) is 11.4 Å². The number of hydrogen-bond donors (Lipinski definition) is 1. The monoisotopic (exact) mass is 405 g/mol. The number of carbonyl (C=O) groups excluding carboxylic acids is 1. The molecule has 0 saturated carbocycles. The van der Waals surface area contributed by atoms with Crippen LogP contribution in [0.4, 0.5) is 18.9 Å². The fourth-order valence-corrected chi connectivity index (χ4v) is 2.79. The van der Waals surface area contributed by atoms with Crippen molar-refractivity contribution in [3.05, 3.63) is 59.8 Å². The number of ether oxygens (including phenoxy) is 2. The topological polar surface area (TPSA) is 65.4 Å². The second-order valence-corrected chi connectivity index (χ2v) is 6.14. The number of halogens is 3. The van der Waals surface area contributed by atoms with Crippen LogP contribution < -0.4 is 14.8 Å². The van der Waals surface area contributed by atoms with Crippen LogP contribution in [0.5, 0.6) is 11.5 Å². The second kappa shape index (κ2) is 7.86. The lowest BCUT2D eigenvalue weighted by Crippen LogP contribution is -2.16. The predicted molar refractivity (Wildman–Crippen MR) is 101 cm³/mol. The standard InChI is InChI=1S/C20H18F3N3O3/c1-26-17(19(27)24-13-6-4-5-12(9-13)20(21,22)23)11-16(25-26)15-8-7-14(28-2)10-18(15)29-3/h4-11H,1-3H3,(H,24,27). The highest BCUT2D eigenvalue weighted by molar-refractivity contribution is 6.03. The number of nitrogens with zero attached hydrogens (tertiary/aromatic N) is 2. The Morgan fingerprint density at radius 3 is 2.48 bits per heavy atom. The van der Waals surface area contributed by atoms with Crippen LogP contribution in [0.1, 0.15) is 16.1 Å². The zero-order valence-electron chi connectivity index (χ0n) is 15.9. The smallest absolute Gasteiger partial charge is 0.416 e. The van der Waals surface area contributed by atoms with Crippen molar-refractivity contribution >= 4 is 11.6 Å². The molecular weight excluding hydrogens is 387 g/mol. The van der Waals surface area contributed by atoms with E-state index in [0.717, 1.165) is 12.1 Å². The summed E-state index contributed by atoms with van der Waals surface area (Å²) in [6.07, 6.45) is -4.49. The lowest BCUT2D eigenvalue weighted by Gasteiger charge is -2.09. The summed E-state index contributed by atoms with van der Waals surface area (Å²) in [4.78, 5) is 12.6. The van der Waals surface area contributed by atoms with Crippen molar-refractivity contribution in [2.75, 3.05) is 19.5 Å². The van der Waals surface area contributed by atoms with Crippen molar-refractivity contribution < 1.29 is 27.4 Å². The van der Waals surface area contributed by atoms with E-state index in [0.29, 0.717) is 22.8 Å². The molecule has 0 saturated heterocycles. The lowest BCUT2D eigenvalue weighted by atomic mass is 10.1. The van der Waals surface area contributed by atoms with Crippen molar-refractivity contribution in [1.82, 2.24) is 9.78 Å². The minimum Gasteiger partial charge on any atom is -0.497 e. The van der Waals surface area contributed by atoms with Gasteiger partial charge >= 0.3 is 6.18 Å². The fraction of sp³-hybridized carbons (Fsp3) is 0.200. The minimum atomic E-state index is -4.49. The molecule has 1 aromatic heterocycles. The predicted octanol–water partition coefficient (Wildman–Crippen LogP) is 4.38. The van der Waals surface area contributed by atoms with E-state index in [2.05, 4.69) is 10.4 Å². The molecule has 6 nitrogen and oxygen atoms in total. The lowest BCUT2D eigenvalue weighted by molar-refractivity contribution is -0.137. The number of alkyl halides is 3. The van der Waals surface area contributed by atoms with E-state index in [1.54, 1.807) is 25.2 Å². The van der Waals surface area contributed by atoms with Crippen molar-refractivity contribution in [3.8, 4) is 22.8 Å². The van der Waals surface area contributed by atoms with Crippen molar-refractivity contribution in [2.24, 2.45) is 7.05 Å². The van der Waals surface area contributed by atoms with Crippen molar-refractivity contribution in [3.63, 3.8) is 0 Å². The first-order valence-corrected chi connectivity index (χ1v) is 8.48. The van der Waals surface area contributed by atoms with Crippen LogP contribution in [0, 0.1) is 0 Å². The van der Waals surface area contributed by atoms with Crippen LogP contribution in [0.25, 0.3) is 11.3 Å². The average molecular weight is 405 g/mol. The zero-order valence-corrected chi connectivity index (χ0v) is 15.9. The molecule has 0 atom stereocenters. The normalized spacial score (nSPS) is 11.2. The number of benzene rings is 2. The summed E-state index contributed by atoms with van der Waals surface area (Å²) in [5.41, 5.74) is 0.483. The van der Waals surface area contributed by atoms with Gasteiger partial charge in [-0.15, -0.1) is 0 Å². The van der Waals surface area contributed by atoms with E-state index < -0.39 is 17.6 Å². The summed E-state index contributed by atoms with van der Waals surface area (Å²) in [7, 11) is 4.61. The van der Waals surface area contributed by atoms with Crippen LogP contribution in [0.2, 0.25) is 0 Å². The molecule has 0 spiro atoms. The first kappa shape index (κ1) is 20.2. The number of amides is 1. The van der Waals surface area contributed by atoms with Crippen LogP contribution in [-0.4, -0.2) is 29.9 Å².